The highest BCUT2D eigenvalue weighted by Gasteiger charge is 2.13. The van der Waals surface area contributed by atoms with E-state index in [1.165, 1.54) is 18.3 Å². The van der Waals surface area contributed by atoms with Gasteiger partial charge in [0.1, 0.15) is 12.7 Å². The molecule has 2 aromatic rings. The third-order valence-electron chi connectivity index (χ3n) is 4.01. The molecule has 0 aliphatic rings. The molecule has 136 valence electrons. The number of hydrogen-bond donors (Lipinski definition) is 2. The van der Waals surface area contributed by atoms with Crippen LogP contribution < -0.4 is 10.6 Å². The van der Waals surface area contributed by atoms with E-state index in [1.54, 1.807) is 18.1 Å². The minimum absolute atomic E-state index is 0.360. The molecule has 1 aromatic heterocycles. The second kappa shape index (κ2) is 8.65. The molecule has 1 aromatic carbocycles. The highest BCUT2D eigenvalue weighted by atomic mass is 15.3. The number of rotatable bonds is 6. The molecule has 1 atom stereocenters. The molecule has 0 spiro atoms. The summed E-state index contributed by atoms with van der Waals surface area (Å²) in [5, 5.41) is 11.0. The molecule has 0 bridgehead atoms. The molecule has 2 N–H and O–H groups in total. The maximum Gasteiger partial charge on any atom is 0.191 e. The summed E-state index contributed by atoms with van der Waals surface area (Å²) in [5.41, 5.74) is 2.55. The van der Waals surface area contributed by atoms with E-state index in [4.69, 9.17) is 0 Å². The van der Waals surface area contributed by atoms with Crippen LogP contribution in [0.1, 0.15) is 46.1 Å². The van der Waals surface area contributed by atoms with Crippen molar-refractivity contribution in [3.8, 4) is 5.69 Å². The van der Waals surface area contributed by atoms with E-state index in [9.17, 15) is 0 Å². The fourth-order valence-corrected chi connectivity index (χ4v) is 2.44. The number of benzene rings is 1. The predicted molar refractivity (Wildman–Crippen MR) is 103 cm³/mol. The molecule has 6 nitrogen and oxygen atoms in total. The third-order valence-corrected chi connectivity index (χ3v) is 4.01. The van der Waals surface area contributed by atoms with Crippen molar-refractivity contribution in [2.24, 2.45) is 10.4 Å². The van der Waals surface area contributed by atoms with Gasteiger partial charge < -0.3 is 10.6 Å². The maximum atomic E-state index is 4.32. The van der Waals surface area contributed by atoms with E-state index in [-0.39, 0.29) is 0 Å². The van der Waals surface area contributed by atoms with Crippen LogP contribution in [0.4, 0.5) is 0 Å². The highest BCUT2D eigenvalue weighted by molar-refractivity contribution is 5.79. The van der Waals surface area contributed by atoms with E-state index in [2.05, 4.69) is 65.5 Å². The van der Waals surface area contributed by atoms with Gasteiger partial charge in [0.2, 0.25) is 0 Å². The fraction of sp³-hybridized carbons (Fsp3) is 0.526. The van der Waals surface area contributed by atoms with Crippen LogP contribution in [0.5, 0.6) is 0 Å². The minimum atomic E-state index is 0.360. The number of aliphatic imine (C=N–C) groups is 1. The minimum Gasteiger partial charge on any atom is -0.354 e. The van der Waals surface area contributed by atoms with Crippen molar-refractivity contribution in [3.05, 3.63) is 42.5 Å². The van der Waals surface area contributed by atoms with Gasteiger partial charge in [0.25, 0.3) is 0 Å². The van der Waals surface area contributed by atoms with Gasteiger partial charge in [0.15, 0.2) is 5.96 Å². The van der Waals surface area contributed by atoms with E-state index in [0.29, 0.717) is 11.5 Å². The summed E-state index contributed by atoms with van der Waals surface area (Å²) in [4.78, 5) is 8.28. The molecule has 25 heavy (non-hydrogen) atoms. The van der Waals surface area contributed by atoms with Gasteiger partial charge in [0.05, 0.1) is 5.69 Å². The summed E-state index contributed by atoms with van der Waals surface area (Å²) in [7, 11) is 1.81. The topological polar surface area (TPSA) is 67.1 Å². The Balaban J connectivity index is 1.82. The summed E-state index contributed by atoms with van der Waals surface area (Å²) in [5.74, 6) is 0.835. The highest BCUT2D eigenvalue weighted by Crippen LogP contribution is 2.21. The van der Waals surface area contributed by atoms with Crippen molar-refractivity contribution in [1.82, 2.24) is 25.4 Å². The monoisotopic (exact) mass is 342 g/mol. The zero-order valence-electron chi connectivity index (χ0n) is 16.0. The second-order valence-electron chi connectivity index (χ2n) is 7.58. The van der Waals surface area contributed by atoms with E-state index < -0.39 is 0 Å². The van der Waals surface area contributed by atoms with Gasteiger partial charge in [-0.2, -0.15) is 5.10 Å². The zero-order chi connectivity index (χ0) is 18.3. The van der Waals surface area contributed by atoms with Crippen LogP contribution in [-0.4, -0.2) is 33.8 Å². The van der Waals surface area contributed by atoms with Crippen molar-refractivity contribution in [2.45, 2.75) is 53.1 Å². The maximum absolute atomic E-state index is 4.32. The summed E-state index contributed by atoms with van der Waals surface area (Å²) < 4.78 is 1.74. The smallest absolute Gasteiger partial charge is 0.191 e. The first kappa shape index (κ1) is 19.0. The number of aromatic nitrogens is 3. The molecule has 0 saturated heterocycles. The van der Waals surface area contributed by atoms with Crippen molar-refractivity contribution >= 4 is 5.96 Å². The molecule has 0 radical (unpaired) electrons. The van der Waals surface area contributed by atoms with Crippen LogP contribution in [0.2, 0.25) is 0 Å². The Morgan fingerprint density at radius 1 is 1.24 bits per heavy atom. The SMILES string of the molecule is CN=C(NCc1ccc(-n2cncn2)cc1)NC(C)CCC(C)(C)C. The van der Waals surface area contributed by atoms with Gasteiger partial charge in [-0.15, -0.1) is 0 Å². The van der Waals surface area contributed by atoms with Crippen LogP contribution in [-0.2, 0) is 6.54 Å². The van der Waals surface area contributed by atoms with Crippen molar-refractivity contribution in [2.75, 3.05) is 7.05 Å². The Bertz CT molecular complexity index is 652. The molecule has 1 unspecified atom stereocenters. The van der Waals surface area contributed by atoms with Crippen LogP contribution in [0.15, 0.2) is 41.9 Å². The second-order valence-corrected chi connectivity index (χ2v) is 7.58. The Morgan fingerprint density at radius 2 is 1.96 bits per heavy atom. The Labute approximate surface area is 150 Å². The number of nitrogens with zero attached hydrogens (tertiary/aromatic N) is 4. The van der Waals surface area contributed by atoms with Crippen molar-refractivity contribution in [3.63, 3.8) is 0 Å². The Hall–Kier alpha value is -2.37. The number of nitrogens with one attached hydrogen (secondary N) is 2. The lowest BCUT2D eigenvalue weighted by atomic mass is 9.89. The van der Waals surface area contributed by atoms with Gasteiger partial charge in [-0.05, 0) is 42.9 Å². The largest absolute Gasteiger partial charge is 0.354 e. The van der Waals surface area contributed by atoms with Crippen LogP contribution in [0.3, 0.4) is 0 Å². The number of hydrogen-bond acceptors (Lipinski definition) is 3. The fourth-order valence-electron chi connectivity index (χ4n) is 2.44. The van der Waals surface area contributed by atoms with Crippen LogP contribution >= 0.6 is 0 Å². The molecule has 0 fully saturated rings. The zero-order valence-corrected chi connectivity index (χ0v) is 16.0. The first-order valence-corrected chi connectivity index (χ1v) is 8.78. The molecule has 6 heteroatoms. The Morgan fingerprint density at radius 3 is 2.52 bits per heavy atom. The molecule has 2 rings (SSSR count). The molecule has 0 aliphatic heterocycles. The van der Waals surface area contributed by atoms with E-state index in [1.807, 2.05) is 12.1 Å². The molecular formula is C19H30N6. The first-order valence-electron chi connectivity index (χ1n) is 8.78. The average molecular weight is 342 g/mol. The molecule has 0 saturated carbocycles. The summed E-state index contributed by atoms with van der Waals surface area (Å²) in [6.07, 6.45) is 5.53. The van der Waals surface area contributed by atoms with E-state index >= 15 is 0 Å². The molecule has 0 amide bonds. The quantitative estimate of drug-likeness (QED) is 0.625. The lowest BCUT2D eigenvalue weighted by molar-refractivity contribution is 0.346. The first-order chi connectivity index (χ1) is 11.9. The lowest BCUT2D eigenvalue weighted by Crippen LogP contribution is -2.42. The van der Waals surface area contributed by atoms with E-state index in [0.717, 1.165) is 24.6 Å². The number of guanidine groups is 1. The van der Waals surface area contributed by atoms with Crippen LogP contribution in [0, 0.1) is 5.41 Å². The standard InChI is InChI=1S/C19H30N6/c1-15(10-11-19(2,3)4)24-18(20-5)22-12-16-6-8-17(9-7-16)25-14-21-13-23-25/h6-9,13-15H,10-12H2,1-5H3,(H2,20,22,24). The van der Waals surface area contributed by atoms with Crippen LogP contribution in [0.25, 0.3) is 5.69 Å². The van der Waals surface area contributed by atoms with Gasteiger partial charge >= 0.3 is 0 Å². The summed E-state index contributed by atoms with van der Waals surface area (Å²) >= 11 is 0. The normalized spacial score (nSPS) is 13.6. The van der Waals surface area contributed by atoms with Crippen molar-refractivity contribution in [1.29, 1.82) is 0 Å². The molecular weight excluding hydrogens is 312 g/mol. The van der Waals surface area contributed by atoms with Gasteiger partial charge in [0, 0.05) is 19.6 Å². The van der Waals surface area contributed by atoms with Crippen molar-refractivity contribution < 1.29 is 0 Å². The third kappa shape index (κ3) is 6.57. The van der Waals surface area contributed by atoms with Gasteiger partial charge in [-0.25, -0.2) is 9.67 Å². The molecule has 1 heterocycles. The Kier molecular flexibility index (Phi) is 6.56. The van der Waals surface area contributed by atoms with Gasteiger partial charge in [-0.3, -0.25) is 4.99 Å². The molecule has 0 aliphatic carbocycles. The van der Waals surface area contributed by atoms with Gasteiger partial charge in [-0.1, -0.05) is 32.9 Å². The summed E-state index contributed by atoms with van der Waals surface area (Å²) in [6.45, 7) is 9.75. The average Bonchev–Trinajstić information content (AvgIpc) is 3.11. The predicted octanol–water partition coefficient (Wildman–Crippen LogP) is 3.15. The lowest BCUT2D eigenvalue weighted by Gasteiger charge is -2.23. The summed E-state index contributed by atoms with van der Waals surface area (Å²) in [6, 6.07) is 8.63.